The maximum atomic E-state index is 10.7. The van der Waals surface area contributed by atoms with Crippen LogP contribution in [0, 0.1) is 5.92 Å². The van der Waals surface area contributed by atoms with Crippen molar-refractivity contribution in [2.75, 3.05) is 20.2 Å². The van der Waals surface area contributed by atoms with Crippen LogP contribution in [0.5, 0.6) is 5.75 Å². The summed E-state index contributed by atoms with van der Waals surface area (Å²) in [6.45, 7) is 4.16. The van der Waals surface area contributed by atoms with E-state index in [0.717, 1.165) is 31.7 Å². The van der Waals surface area contributed by atoms with Crippen LogP contribution in [0.1, 0.15) is 37.8 Å². The van der Waals surface area contributed by atoms with Crippen LogP contribution >= 0.6 is 0 Å². The third-order valence-corrected chi connectivity index (χ3v) is 4.26. The quantitative estimate of drug-likeness (QED) is 0.899. The van der Waals surface area contributed by atoms with Gasteiger partial charge in [0.1, 0.15) is 5.75 Å². The van der Waals surface area contributed by atoms with Gasteiger partial charge in [-0.25, -0.2) is 0 Å². The van der Waals surface area contributed by atoms with Crippen LogP contribution in [0.3, 0.4) is 0 Å². The number of piperidine rings is 1. The third kappa shape index (κ3) is 3.73. The number of carbonyl (C=O) groups is 1. The van der Waals surface area contributed by atoms with E-state index < -0.39 is 5.97 Å². The zero-order valence-electron chi connectivity index (χ0n) is 12.2. The first-order valence-electron chi connectivity index (χ1n) is 7.20. The highest BCUT2D eigenvalue weighted by Gasteiger charge is 2.24. The van der Waals surface area contributed by atoms with E-state index in [9.17, 15) is 4.79 Å². The van der Waals surface area contributed by atoms with E-state index in [0.29, 0.717) is 18.4 Å². The summed E-state index contributed by atoms with van der Waals surface area (Å²) in [6, 6.07) is 8.55. The molecule has 1 saturated heterocycles. The molecule has 1 aromatic carbocycles. The Kier molecular flexibility index (Phi) is 5.01. The molecule has 1 aromatic rings. The van der Waals surface area contributed by atoms with E-state index in [1.54, 1.807) is 7.11 Å². The highest BCUT2D eigenvalue weighted by atomic mass is 16.5. The predicted octanol–water partition coefficient (Wildman–Crippen LogP) is 2.94. The molecule has 1 aliphatic rings. The van der Waals surface area contributed by atoms with Crippen LogP contribution < -0.4 is 4.74 Å². The van der Waals surface area contributed by atoms with Gasteiger partial charge in [0.25, 0.3) is 0 Å². The average molecular weight is 277 g/mol. The van der Waals surface area contributed by atoms with E-state index in [1.165, 1.54) is 5.56 Å². The number of benzene rings is 1. The summed E-state index contributed by atoms with van der Waals surface area (Å²) in [5.74, 6) is 0.541. The fraction of sp³-hybridized carbons (Fsp3) is 0.562. The highest BCUT2D eigenvalue weighted by Crippen LogP contribution is 2.28. The number of ether oxygens (including phenoxy) is 1. The van der Waals surface area contributed by atoms with Crippen molar-refractivity contribution in [3.05, 3.63) is 29.8 Å². The van der Waals surface area contributed by atoms with Crippen molar-refractivity contribution in [1.82, 2.24) is 4.90 Å². The molecule has 1 fully saturated rings. The Balaban J connectivity index is 1.90. The summed E-state index contributed by atoms with van der Waals surface area (Å²) >= 11 is 0. The van der Waals surface area contributed by atoms with Crippen LogP contribution in [-0.4, -0.2) is 36.2 Å². The topological polar surface area (TPSA) is 49.8 Å². The van der Waals surface area contributed by atoms with Gasteiger partial charge < -0.3 is 9.84 Å². The number of nitrogens with zero attached hydrogens (tertiary/aromatic N) is 1. The standard InChI is InChI=1S/C16H23NO3/c1-12(14-3-5-15(20-2)6-4-14)17-9-7-13(8-10-17)11-16(18)19/h3-6,12-13H,7-11H2,1-2H3,(H,18,19). The van der Waals surface area contributed by atoms with Crippen molar-refractivity contribution < 1.29 is 14.6 Å². The molecule has 110 valence electrons. The van der Waals surface area contributed by atoms with Gasteiger partial charge in [-0.3, -0.25) is 9.69 Å². The Labute approximate surface area is 120 Å². The van der Waals surface area contributed by atoms with Gasteiger partial charge in [-0.1, -0.05) is 12.1 Å². The number of hydrogen-bond acceptors (Lipinski definition) is 3. The molecular weight excluding hydrogens is 254 g/mol. The minimum atomic E-state index is -0.674. The van der Waals surface area contributed by atoms with Gasteiger partial charge in [0.2, 0.25) is 0 Å². The molecule has 0 bridgehead atoms. The zero-order chi connectivity index (χ0) is 14.5. The SMILES string of the molecule is COc1ccc(C(C)N2CCC(CC(=O)O)CC2)cc1. The summed E-state index contributed by atoms with van der Waals surface area (Å²) in [7, 11) is 1.67. The number of carboxylic acid groups (broad SMARTS) is 1. The lowest BCUT2D eigenvalue weighted by molar-refractivity contribution is -0.138. The molecule has 0 spiro atoms. The number of hydrogen-bond donors (Lipinski definition) is 1. The normalized spacial score (nSPS) is 18.7. The summed E-state index contributed by atoms with van der Waals surface area (Å²) in [5, 5.41) is 8.84. The Morgan fingerprint density at radius 1 is 1.35 bits per heavy atom. The van der Waals surface area contributed by atoms with E-state index in [4.69, 9.17) is 9.84 Å². The van der Waals surface area contributed by atoms with E-state index in [1.807, 2.05) is 12.1 Å². The highest BCUT2D eigenvalue weighted by molar-refractivity contribution is 5.67. The number of carboxylic acids is 1. The maximum absolute atomic E-state index is 10.7. The lowest BCUT2D eigenvalue weighted by atomic mass is 9.92. The molecule has 2 rings (SSSR count). The van der Waals surface area contributed by atoms with Gasteiger partial charge in [-0.15, -0.1) is 0 Å². The minimum Gasteiger partial charge on any atom is -0.497 e. The summed E-state index contributed by atoms with van der Waals surface area (Å²) < 4.78 is 5.18. The first kappa shape index (κ1) is 14.9. The van der Waals surface area contributed by atoms with Crippen LogP contribution in [0.15, 0.2) is 24.3 Å². The van der Waals surface area contributed by atoms with Gasteiger partial charge in [-0.2, -0.15) is 0 Å². The number of aliphatic carboxylic acids is 1. The monoisotopic (exact) mass is 277 g/mol. The van der Waals surface area contributed by atoms with E-state index >= 15 is 0 Å². The Morgan fingerprint density at radius 3 is 2.45 bits per heavy atom. The van der Waals surface area contributed by atoms with Gasteiger partial charge in [0.15, 0.2) is 0 Å². The second-order valence-corrected chi connectivity index (χ2v) is 5.53. The predicted molar refractivity (Wildman–Crippen MR) is 78.0 cm³/mol. The number of methoxy groups -OCH3 is 1. The molecule has 0 radical (unpaired) electrons. The molecule has 0 amide bonds. The molecule has 1 aliphatic heterocycles. The molecule has 1 unspecified atom stereocenters. The maximum Gasteiger partial charge on any atom is 0.303 e. The second kappa shape index (κ2) is 6.75. The van der Waals surface area contributed by atoms with Gasteiger partial charge >= 0.3 is 5.97 Å². The van der Waals surface area contributed by atoms with Gasteiger partial charge in [0.05, 0.1) is 7.11 Å². The average Bonchev–Trinajstić information content (AvgIpc) is 2.47. The lowest BCUT2D eigenvalue weighted by Crippen LogP contribution is -2.36. The Morgan fingerprint density at radius 2 is 1.95 bits per heavy atom. The minimum absolute atomic E-state index is 0.310. The van der Waals surface area contributed by atoms with Crippen LogP contribution in [-0.2, 0) is 4.79 Å². The largest absolute Gasteiger partial charge is 0.497 e. The molecular formula is C16H23NO3. The fourth-order valence-electron chi connectivity index (χ4n) is 2.88. The first-order chi connectivity index (χ1) is 9.60. The fourth-order valence-corrected chi connectivity index (χ4v) is 2.88. The number of rotatable bonds is 5. The van der Waals surface area contributed by atoms with Crippen molar-refractivity contribution in [3.63, 3.8) is 0 Å². The molecule has 0 aromatic heterocycles. The molecule has 0 saturated carbocycles. The lowest BCUT2D eigenvalue weighted by Gasteiger charge is -2.35. The first-order valence-corrected chi connectivity index (χ1v) is 7.20. The van der Waals surface area contributed by atoms with Crippen molar-refractivity contribution in [2.45, 2.75) is 32.2 Å². The van der Waals surface area contributed by atoms with E-state index in [2.05, 4.69) is 24.0 Å². The molecule has 1 N–H and O–H groups in total. The van der Waals surface area contributed by atoms with Crippen molar-refractivity contribution in [1.29, 1.82) is 0 Å². The number of likely N-dealkylation sites (tertiary alicyclic amines) is 1. The van der Waals surface area contributed by atoms with Gasteiger partial charge in [-0.05, 0) is 56.5 Å². The van der Waals surface area contributed by atoms with Crippen LogP contribution in [0.25, 0.3) is 0 Å². The molecule has 1 heterocycles. The molecule has 0 aliphatic carbocycles. The Bertz CT molecular complexity index is 436. The van der Waals surface area contributed by atoms with Crippen LogP contribution in [0.4, 0.5) is 0 Å². The molecule has 4 heteroatoms. The zero-order valence-corrected chi connectivity index (χ0v) is 12.2. The van der Waals surface area contributed by atoms with E-state index in [-0.39, 0.29) is 0 Å². The van der Waals surface area contributed by atoms with Crippen molar-refractivity contribution in [2.24, 2.45) is 5.92 Å². The molecule has 4 nitrogen and oxygen atoms in total. The van der Waals surface area contributed by atoms with Crippen molar-refractivity contribution in [3.8, 4) is 5.75 Å². The third-order valence-electron chi connectivity index (χ3n) is 4.26. The second-order valence-electron chi connectivity index (χ2n) is 5.53. The molecule has 20 heavy (non-hydrogen) atoms. The summed E-state index contributed by atoms with van der Waals surface area (Å²) in [5.41, 5.74) is 1.28. The summed E-state index contributed by atoms with van der Waals surface area (Å²) in [6.07, 6.45) is 2.27. The smallest absolute Gasteiger partial charge is 0.303 e. The van der Waals surface area contributed by atoms with Gasteiger partial charge in [0, 0.05) is 12.5 Å². The Hall–Kier alpha value is -1.55. The summed E-state index contributed by atoms with van der Waals surface area (Å²) in [4.78, 5) is 13.2. The van der Waals surface area contributed by atoms with Crippen molar-refractivity contribution >= 4 is 5.97 Å². The molecule has 1 atom stereocenters. The van der Waals surface area contributed by atoms with Crippen LogP contribution in [0.2, 0.25) is 0 Å².